The van der Waals surface area contributed by atoms with Gasteiger partial charge in [0.15, 0.2) is 5.78 Å². The van der Waals surface area contributed by atoms with Crippen molar-refractivity contribution < 1.29 is 4.79 Å². The van der Waals surface area contributed by atoms with Gasteiger partial charge in [0.1, 0.15) is 0 Å². The predicted octanol–water partition coefficient (Wildman–Crippen LogP) is 4.54. The van der Waals surface area contributed by atoms with E-state index in [1.165, 1.54) is 5.56 Å². The molecule has 1 unspecified atom stereocenters. The Balaban J connectivity index is 2.09. The van der Waals surface area contributed by atoms with Crippen molar-refractivity contribution in [1.82, 2.24) is 4.90 Å². The van der Waals surface area contributed by atoms with Crippen LogP contribution in [-0.4, -0.2) is 23.8 Å². The van der Waals surface area contributed by atoms with Crippen LogP contribution in [0.3, 0.4) is 0 Å². The first-order valence-corrected chi connectivity index (χ1v) is 7.95. The Bertz CT molecular complexity index is 580. The van der Waals surface area contributed by atoms with Crippen LogP contribution < -0.4 is 0 Å². The monoisotopic (exact) mass is 345 g/mol. The van der Waals surface area contributed by atoms with Gasteiger partial charge in [0.2, 0.25) is 0 Å². The number of halogens is 1. The predicted molar refractivity (Wildman–Crippen MR) is 90.5 cm³/mol. The zero-order chi connectivity index (χ0) is 15.2. The third-order valence-electron chi connectivity index (χ3n) is 3.62. The molecule has 2 aromatic carbocycles. The lowest BCUT2D eigenvalue weighted by molar-refractivity contribution is 0.0838. The summed E-state index contributed by atoms with van der Waals surface area (Å²) in [6.07, 6.45) is 0.806. The van der Waals surface area contributed by atoms with E-state index < -0.39 is 0 Å². The smallest absolute Gasteiger partial charge is 0.179 e. The van der Waals surface area contributed by atoms with E-state index in [2.05, 4.69) is 39.9 Å². The SMILES string of the molecule is CCC(C(=O)c1ccccc1)N(C)Cc1ccc(Br)cc1. The van der Waals surface area contributed by atoms with E-state index in [0.29, 0.717) is 0 Å². The van der Waals surface area contributed by atoms with Gasteiger partial charge in [-0.1, -0.05) is 65.3 Å². The van der Waals surface area contributed by atoms with Gasteiger partial charge >= 0.3 is 0 Å². The average molecular weight is 346 g/mol. The van der Waals surface area contributed by atoms with Crippen LogP contribution >= 0.6 is 15.9 Å². The Labute approximate surface area is 134 Å². The number of hydrogen-bond acceptors (Lipinski definition) is 2. The molecule has 0 aliphatic carbocycles. The number of carbonyl (C=O) groups is 1. The van der Waals surface area contributed by atoms with E-state index in [1.807, 2.05) is 49.5 Å². The van der Waals surface area contributed by atoms with Gasteiger partial charge < -0.3 is 0 Å². The van der Waals surface area contributed by atoms with Gasteiger partial charge in [0, 0.05) is 16.6 Å². The van der Waals surface area contributed by atoms with Gasteiger partial charge in [-0.05, 0) is 31.2 Å². The molecule has 21 heavy (non-hydrogen) atoms. The lowest BCUT2D eigenvalue weighted by Gasteiger charge is -2.26. The molecule has 2 nitrogen and oxygen atoms in total. The summed E-state index contributed by atoms with van der Waals surface area (Å²) in [7, 11) is 2.01. The van der Waals surface area contributed by atoms with Crippen molar-refractivity contribution >= 4 is 21.7 Å². The highest BCUT2D eigenvalue weighted by Gasteiger charge is 2.22. The largest absolute Gasteiger partial charge is 0.292 e. The second-order valence-electron chi connectivity index (χ2n) is 5.20. The molecular weight excluding hydrogens is 326 g/mol. The maximum absolute atomic E-state index is 12.6. The fourth-order valence-electron chi connectivity index (χ4n) is 2.48. The van der Waals surface area contributed by atoms with Crippen LogP contribution in [0.25, 0.3) is 0 Å². The van der Waals surface area contributed by atoms with Gasteiger partial charge in [-0.2, -0.15) is 0 Å². The van der Waals surface area contributed by atoms with E-state index in [1.54, 1.807) is 0 Å². The molecule has 0 aromatic heterocycles. The standard InChI is InChI=1S/C18H20BrNO/c1-3-17(18(21)15-7-5-4-6-8-15)20(2)13-14-9-11-16(19)12-10-14/h4-12,17H,3,13H2,1-2H3. The van der Waals surface area contributed by atoms with Crippen LogP contribution in [0.4, 0.5) is 0 Å². The summed E-state index contributed by atoms with van der Waals surface area (Å²) < 4.78 is 1.07. The molecule has 110 valence electrons. The Kier molecular flexibility index (Phi) is 5.71. The van der Waals surface area contributed by atoms with E-state index >= 15 is 0 Å². The molecule has 0 spiro atoms. The summed E-state index contributed by atoms with van der Waals surface area (Å²) in [6, 6.07) is 17.7. The first-order chi connectivity index (χ1) is 10.1. The minimum Gasteiger partial charge on any atom is -0.292 e. The first kappa shape index (κ1) is 15.9. The van der Waals surface area contributed by atoms with E-state index in [4.69, 9.17) is 0 Å². The van der Waals surface area contributed by atoms with Crippen LogP contribution in [0, 0.1) is 0 Å². The topological polar surface area (TPSA) is 20.3 Å². The Morgan fingerprint density at radius 3 is 2.29 bits per heavy atom. The van der Waals surface area contributed by atoms with E-state index in [9.17, 15) is 4.79 Å². The van der Waals surface area contributed by atoms with Crippen molar-refractivity contribution in [2.75, 3.05) is 7.05 Å². The average Bonchev–Trinajstić information content (AvgIpc) is 2.51. The fourth-order valence-corrected chi connectivity index (χ4v) is 2.74. The van der Waals surface area contributed by atoms with Crippen LogP contribution in [0.1, 0.15) is 29.3 Å². The van der Waals surface area contributed by atoms with E-state index in [0.717, 1.165) is 23.0 Å². The minimum atomic E-state index is -0.0870. The fraction of sp³-hybridized carbons (Fsp3) is 0.278. The number of hydrogen-bond donors (Lipinski definition) is 0. The molecule has 1 atom stereocenters. The molecule has 0 aliphatic heterocycles. The number of rotatable bonds is 6. The van der Waals surface area contributed by atoms with Crippen molar-refractivity contribution in [3.63, 3.8) is 0 Å². The second kappa shape index (κ2) is 7.53. The Morgan fingerprint density at radius 2 is 1.71 bits per heavy atom. The van der Waals surface area contributed by atoms with Crippen molar-refractivity contribution in [3.05, 3.63) is 70.2 Å². The molecule has 0 bridgehead atoms. The molecule has 2 aromatic rings. The van der Waals surface area contributed by atoms with Crippen molar-refractivity contribution in [2.24, 2.45) is 0 Å². The number of nitrogens with zero attached hydrogens (tertiary/aromatic N) is 1. The molecule has 0 heterocycles. The van der Waals surface area contributed by atoms with Gasteiger partial charge in [0.25, 0.3) is 0 Å². The maximum atomic E-state index is 12.6. The molecule has 0 saturated carbocycles. The number of Topliss-reactive ketones (excluding diaryl/α,β-unsaturated/α-hetero) is 1. The third kappa shape index (κ3) is 4.26. The third-order valence-corrected chi connectivity index (χ3v) is 4.15. The molecule has 0 radical (unpaired) electrons. The summed E-state index contributed by atoms with van der Waals surface area (Å²) in [6.45, 7) is 2.83. The van der Waals surface area contributed by atoms with Crippen molar-refractivity contribution in [1.29, 1.82) is 0 Å². The van der Waals surface area contributed by atoms with E-state index in [-0.39, 0.29) is 11.8 Å². The highest BCUT2D eigenvalue weighted by Crippen LogP contribution is 2.16. The quantitative estimate of drug-likeness (QED) is 0.716. The van der Waals surface area contributed by atoms with Crippen LogP contribution in [0.15, 0.2) is 59.1 Å². The highest BCUT2D eigenvalue weighted by molar-refractivity contribution is 9.10. The molecule has 0 aliphatic rings. The number of carbonyl (C=O) groups excluding carboxylic acids is 1. The summed E-state index contributed by atoms with van der Waals surface area (Å²) >= 11 is 3.44. The number of ketones is 1. The number of benzene rings is 2. The molecule has 0 saturated heterocycles. The van der Waals surface area contributed by atoms with Crippen LogP contribution in [0.5, 0.6) is 0 Å². The maximum Gasteiger partial charge on any atom is 0.179 e. The lowest BCUT2D eigenvalue weighted by Crippen LogP contribution is -2.37. The zero-order valence-electron chi connectivity index (χ0n) is 12.4. The zero-order valence-corrected chi connectivity index (χ0v) is 14.0. The summed E-state index contributed by atoms with van der Waals surface area (Å²) in [4.78, 5) is 14.7. The molecule has 3 heteroatoms. The Morgan fingerprint density at radius 1 is 1.10 bits per heavy atom. The summed E-state index contributed by atoms with van der Waals surface area (Å²) in [5.74, 6) is 0.192. The van der Waals surface area contributed by atoms with Gasteiger partial charge in [-0.3, -0.25) is 9.69 Å². The molecule has 0 fully saturated rings. The second-order valence-corrected chi connectivity index (χ2v) is 6.11. The molecule has 0 amide bonds. The lowest BCUT2D eigenvalue weighted by atomic mass is 10.0. The van der Waals surface area contributed by atoms with Gasteiger partial charge in [0.05, 0.1) is 6.04 Å². The number of likely N-dealkylation sites (N-methyl/N-ethyl adjacent to an activating group) is 1. The van der Waals surface area contributed by atoms with Crippen molar-refractivity contribution in [2.45, 2.75) is 25.9 Å². The van der Waals surface area contributed by atoms with Crippen molar-refractivity contribution in [3.8, 4) is 0 Å². The first-order valence-electron chi connectivity index (χ1n) is 7.15. The normalized spacial score (nSPS) is 12.4. The summed E-state index contributed by atoms with van der Waals surface area (Å²) in [5.41, 5.74) is 1.99. The highest BCUT2D eigenvalue weighted by atomic mass is 79.9. The molecule has 2 rings (SSSR count). The van der Waals surface area contributed by atoms with Gasteiger partial charge in [-0.25, -0.2) is 0 Å². The minimum absolute atomic E-state index is 0.0870. The van der Waals surface area contributed by atoms with Crippen LogP contribution in [0.2, 0.25) is 0 Å². The molecular formula is C18H20BrNO. The van der Waals surface area contributed by atoms with Gasteiger partial charge in [-0.15, -0.1) is 0 Å². The van der Waals surface area contributed by atoms with Crippen LogP contribution in [-0.2, 0) is 6.54 Å². The Hall–Kier alpha value is -1.45. The summed E-state index contributed by atoms with van der Waals surface area (Å²) in [5, 5.41) is 0. The molecule has 0 N–H and O–H groups in total.